The minimum atomic E-state index is -0.447. The molecule has 0 heterocycles. The Balaban J connectivity index is 2.78. The van der Waals surface area contributed by atoms with Crippen molar-refractivity contribution in [3.05, 3.63) is 28.8 Å². The molecule has 0 amide bonds. The van der Waals surface area contributed by atoms with Crippen molar-refractivity contribution in [2.45, 2.75) is 17.9 Å². The highest BCUT2D eigenvalue weighted by Gasteiger charge is 2.11. The Morgan fingerprint density at radius 2 is 2.31 bits per heavy atom. The summed E-state index contributed by atoms with van der Waals surface area (Å²) in [6.07, 6.45) is -0.371. The molecule has 1 N–H and O–H groups in total. The fourth-order valence-electron chi connectivity index (χ4n) is 1.08. The van der Waals surface area contributed by atoms with Crippen LogP contribution in [-0.2, 0) is 4.74 Å². The molecule has 1 aromatic carbocycles. The van der Waals surface area contributed by atoms with Gasteiger partial charge in [-0.2, -0.15) is 0 Å². The highest BCUT2D eigenvalue weighted by molar-refractivity contribution is 7.99. The van der Waals surface area contributed by atoms with E-state index in [0.717, 1.165) is 4.90 Å². The molecule has 5 heteroatoms. The summed E-state index contributed by atoms with van der Waals surface area (Å²) in [4.78, 5) is 12.2. The van der Waals surface area contributed by atoms with E-state index in [0.29, 0.717) is 16.3 Å². The molecule has 0 bridgehead atoms. The lowest BCUT2D eigenvalue weighted by Crippen LogP contribution is -2.03. The molecular formula is C11H13ClO3S. The van der Waals surface area contributed by atoms with Gasteiger partial charge in [0.1, 0.15) is 0 Å². The second-order valence-electron chi connectivity index (χ2n) is 3.29. The zero-order valence-corrected chi connectivity index (χ0v) is 10.6. The van der Waals surface area contributed by atoms with Crippen LogP contribution in [0.15, 0.2) is 23.1 Å². The molecule has 0 saturated heterocycles. The summed E-state index contributed by atoms with van der Waals surface area (Å²) in [5.41, 5.74) is 0.352. The van der Waals surface area contributed by atoms with Gasteiger partial charge in [0.25, 0.3) is 0 Å². The molecule has 0 unspecified atom stereocenters. The van der Waals surface area contributed by atoms with Gasteiger partial charge in [0, 0.05) is 10.6 Å². The van der Waals surface area contributed by atoms with Gasteiger partial charge in [-0.15, -0.1) is 11.8 Å². The molecule has 3 nitrogen and oxygen atoms in total. The first-order valence-corrected chi connectivity index (χ1v) is 6.09. The van der Waals surface area contributed by atoms with Crippen LogP contribution in [0.2, 0.25) is 5.02 Å². The molecule has 0 aromatic heterocycles. The van der Waals surface area contributed by atoms with Gasteiger partial charge in [-0.25, -0.2) is 4.79 Å². The Hall–Kier alpha value is -0.710. The molecule has 0 aliphatic carbocycles. The van der Waals surface area contributed by atoms with E-state index in [9.17, 15) is 4.79 Å². The largest absolute Gasteiger partial charge is 0.465 e. The Morgan fingerprint density at radius 3 is 2.81 bits per heavy atom. The maximum Gasteiger partial charge on any atom is 0.339 e. The van der Waals surface area contributed by atoms with Crippen molar-refractivity contribution in [1.82, 2.24) is 0 Å². The van der Waals surface area contributed by atoms with E-state index in [4.69, 9.17) is 16.7 Å². The molecule has 0 spiro atoms. The van der Waals surface area contributed by atoms with Crippen LogP contribution in [-0.4, -0.2) is 30.0 Å². The van der Waals surface area contributed by atoms with Crippen molar-refractivity contribution < 1.29 is 14.6 Å². The third-order valence-corrected chi connectivity index (χ3v) is 3.39. The van der Waals surface area contributed by atoms with Gasteiger partial charge >= 0.3 is 5.97 Å². The number of methoxy groups -OCH3 is 1. The van der Waals surface area contributed by atoms with E-state index in [-0.39, 0.29) is 6.10 Å². The predicted molar refractivity (Wildman–Crippen MR) is 65.2 cm³/mol. The summed E-state index contributed by atoms with van der Waals surface area (Å²) in [6, 6.07) is 5.10. The minimum absolute atomic E-state index is 0.352. The smallest absolute Gasteiger partial charge is 0.339 e. The summed E-state index contributed by atoms with van der Waals surface area (Å²) in [6.45, 7) is 1.72. The fourth-order valence-corrected chi connectivity index (χ4v) is 2.20. The zero-order valence-electron chi connectivity index (χ0n) is 9.07. The summed E-state index contributed by atoms with van der Waals surface area (Å²) < 4.78 is 4.58. The Morgan fingerprint density at radius 1 is 1.62 bits per heavy atom. The topological polar surface area (TPSA) is 46.5 Å². The van der Waals surface area contributed by atoms with Crippen LogP contribution < -0.4 is 0 Å². The monoisotopic (exact) mass is 260 g/mol. The van der Waals surface area contributed by atoms with Gasteiger partial charge in [0.05, 0.1) is 23.8 Å². The van der Waals surface area contributed by atoms with E-state index in [1.807, 2.05) is 0 Å². The first-order chi connectivity index (χ1) is 7.54. The first kappa shape index (κ1) is 13.4. The third-order valence-electron chi connectivity index (χ3n) is 1.84. The van der Waals surface area contributed by atoms with Crippen LogP contribution in [0.3, 0.4) is 0 Å². The van der Waals surface area contributed by atoms with Crippen LogP contribution in [0.25, 0.3) is 0 Å². The first-order valence-electron chi connectivity index (χ1n) is 4.73. The molecular weight excluding hydrogens is 248 g/mol. The molecule has 0 radical (unpaired) electrons. The summed E-state index contributed by atoms with van der Waals surface area (Å²) in [5.74, 6) is 0.144. The summed E-state index contributed by atoms with van der Waals surface area (Å²) in [7, 11) is 1.31. The van der Waals surface area contributed by atoms with E-state index in [1.54, 1.807) is 25.1 Å². The van der Waals surface area contributed by atoms with Crippen LogP contribution in [0.5, 0.6) is 0 Å². The Bertz CT molecular complexity index is 379. The van der Waals surface area contributed by atoms with Crippen molar-refractivity contribution >= 4 is 29.3 Å². The molecule has 0 aliphatic heterocycles. The maximum absolute atomic E-state index is 11.3. The lowest BCUT2D eigenvalue weighted by atomic mass is 10.2. The number of esters is 1. The SMILES string of the molecule is COC(=O)c1ccc(SC[C@H](C)O)cc1Cl. The van der Waals surface area contributed by atoms with Gasteiger partial charge in [-0.05, 0) is 25.1 Å². The summed E-state index contributed by atoms with van der Waals surface area (Å²) in [5, 5.41) is 9.50. The van der Waals surface area contributed by atoms with Crippen molar-refractivity contribution in [2.24, 2.45) is 0 Å². The van der Waals surface area contributed by atoms with E-state index in [2.05, 4.69) is 4.74 Å². The number of rotatable bonds is 4. The molecule has 1 aromatic rings. The maximum atomic E-state index is 11.3. The van der Waals surface area contributed by atoms with Crippen molar-refractivity contribution in [1.29, 1.82) is 0 Å². The van der Waals surface area contributed by atoms with Crippen molar-refractivity contribution in [3.63, 3.8) is 0 Å². The lowest BCUT2D eigenvalue weighted by molar-refractivity contribution is 0.0601. The zero-order chi connectivity index (χ0) is 12.1. The van der Waals surface area contributed by atoms with Gasteiger partial charge in [0.15, 0.2) is 0 Å². The van der Waals surface area contributed by atoms with Crippen molar-refractivity contribution in [3.8, 4) is 0 Å². The predicted octanol–water partition coefficient (Wildman–Crippen LogP) is 2.60. The van der Waals surface area contributed by atoms with Gasteiger partial charge < -0.3 is 9.84 Å². The molecule has 0 saturated carbocycles. The van der Waals surface area contributed by atoms with Gasteiger partial charge in [0.2, 0.25) is 0 Å². The van der Waals surface area contributed by atoms with Gasteiger partial charge in [-0.1, -0.05) is 11.6 Å². The number of ether oxygens (including phenoxy) is 1. The molecule has 88 valence electrons. The average molecular weight is 261 g/mol. The molecule has 0 fully saturated rings. The number of halogens is 1. The third kappa shape index (κ3) is 3.70. The van der Waals surface area contributed by atoms with Crippen molar-refractivity contribution in [2.75, 3.05) is 12.9 Å². The Labute approximate surface area is 104 Å². The number of carbonyl (C=O) groups is 1. The van der Waals surface area contributed by atoms with Crippen LogP contribution >= 0.6 is 23.4 Å². The second kappa shape index (κ2) is 6.13. The second-order valence-corrected chi connectivity index (χ2v) is 4.79. The van der Waals surface area contributed by atoms with Crippen LogP contribution in [0.1, 0.15) is 17.3 Å². The molecule has 0 aliphatic rings. The minimum Gasteiger partial charge on any atom is -0.465 e. The number of hydrogen-bond acceptors (Lipinski definition) is 4. The van der Waals surface area contributed by atoms with E-state index < -0.39 is 5.97 Å². The molecule has 1 rings (SSSR count). The number of aliphatic hydroxyl groups is 1. The lowest BCUT2D eigenvalue weighted by Gasteiger charge is -2.06. The highest BCUT2D eigenvalue weighted by atomic mass is 35.5. The fraction of sp³-hybridized carbons (Fsp3) is 0.364. The standard InChI is InChI=1S/C11H13ClO3S/c1-7(13)6-16-8-3-4-9(10(12)5-8)11(14)15-2/h3-5,7,13H,6H2,1-2H3/t7-/m0/s1. The highest BCUT2D eigenvalue weighted by Crippen LogP contribution is 2.25. The number of thioether (sulfide) groups is 1. The molecule has 1 atom stereocenters. The molecule has 16 heavy (non-hydrogen) atoms. The summed E-state index contributed by atoms with van der Waals surface area (Å²) >= 11 is 7.43. The Kier molecular flexibility index (Phi) is 5.12. The number of hydrogen-bond donors (Lipinski definition) is 1. The normalized spacial score (nSPS) is 12.2. The van der Waals surface area contributed by atoms with Gasteiger partial charge in [-0.3, -0.25) is 0 Å². The number of aliphatic hydroxyl groups excluding tert-OH is 1. The van der Waals surface area contributed by atoms with Crippen LogP contribution in [0.4, 0.5) is 0 Å². The average Bonchev–Trinajstić information content (AvgIpc) is 2.25. The van der Waals surface area contributed by atoms with E-state index in [1.165, 1.54) is 18.9 Å². The quantitative estimate of drug-likeness (QED) is 0.668. The number of carbonyl (C=O) groups excluding carboxylic acids is 1. The van der Waals surface area contributed by atoms with Crippen LogP contribution in [0, 0.1) is 0 Å². The van der Waals surface area contributed by atoms with E-state index >= 15 is 0 Å². The number of benzene rings is 1.